The lowest BCUT2D eigenvalue weighted by Crippen LogP contribution is -2.26. The Kier molecular flexibility index (Phi) is 6.09. The van der Waals surface area contributed by atoms with E-state index in [1.54, 1.807) is 36.9 Å². The molecule has 1 aromatic heterocycles. The van der Waals surface area contributed by atoms with Crippen molar-refractivity contribution in [2.75, 3.05) is 13.7 Å². The summed E-state index contributed by atoms with van der Waals surface area (Å²) in [7, 11) is 1.55. The lowest BCUT2D eigenvalue weighted by molar-refractivity contribution is -0.121. The second kappa shape index (κ2) is 8.29. The van der Waals surface area contributed by atoms with Crippen LogP contribution in [0.4, 0.5) is 0 Å². The second-order valence-electron chi connectivity index (χ2n) is 4.73. The first-order chi connectivity index (χ1) is 10.7. The number of nitrogens with one attached hydrogen (secondary N) is 1. The number of carbonyl (C=O) groups is 2. The van der Waals surface area contributed by atoms with E-state index in [2.05, 4.69) is 10.3 Å². The quantitative estimate of drug-likeness (QED) is 0.759. The first kappa shape index (κ1) is 16.2. The van der Waals surface area contributed by atoms with E-state index < -0.39 is 0 Å². The van der Waals surface area contributed by atoms with Gasteiger partial charge in [-0.3, -0.25) is 9.59 Å². The normalized spacial score (nSPS) is 10.2. The number of rotatable bonds is 8. The largest absolute Gasteiger partial charge is 0.497 e. The monoisotopic (exact) mass is 318 g/mol. The van der Waals surface area contributed by atoms with Crippen molar-refractivity contribution in [3.05, 3.63) is 46.4 Å². The Morgan fingerprint density at radius 2 is 2.18 bits per heavy atom. The van der Waals surface area contributed by atoms with E-state index in [1.165, 1.54) is 11.3 Å². The Labute approximate surface area is 133 Å². The smallest absolute Gasteiger partial charge is 0.220 e. The van der Waals surface area contributed by atoms with Gasteiger partial charge in [0.1, 0.15) is 5.75 Å². The molecular weight excluding hydrogens is 300 g/mol. The maximum atomic E-state index is 12.0. The van der Waals surface area contributed by atoms with Crippen LogP contribution in [-0.4, -0.2) is 30.3 Å². The summed E-state index contributed by atoms with van der Waals surface area (Å²) in [5.74, 6) is 0.457. The van der Waals surface area contributed by atoms with Gasteiger partial charge in [0.15, 0.2) is 5.78 Å². The fourth-order valence-corrected chi connectivity index (χ4v) is 2.54. The third-order valence-corrected chi connectivity index (χ3v) is 3.79. The number of methoxy groups -OCH3 is 1. The van der Waals surface area contributed by atoms with Crippen LogP contribution in [0.1, 0.15) is 28.9 Å². The van der Waals surface area contributed by atoms with Crippen LogP contribution in [0.3, 0.4) is 0 Å². The van der Waals surface area contributed by atoms with E-state index in [0.29, 0.717) is 24.3 Å². The number of hydrogen-bond acceptors (Lipinski definition) is 5. The minimum Gasteiger partial charge on any atom is -0.497 e. The maximum Gasteiger partial charge on any atom is 0.220 e. The molecule has 116 valence electrons. The summed E-state index contributed by atoms with van der Waals surface area (Å²) in [4.78, 5) is 27.9. The van der Waals surface area contributed by atoms with Gasteiger partial charge in [-0.05, 0) is 12.1 Å². The molecule has 1 heterocycles. The summed E-state index contributed by atoms with van der Waals surface area (Å²) >= 11 is 1.53. The highest BCUT2D eigenvalue weighted by Gasteiger charge is 2.10. The topological polar surface area (TPSA) is 68.3 Å². The van der Waals surface area contributed by atoms with E-state index in [9.17, 15) is 9.59 Å². The Morgan fingerprint density at radius 3 is 2.91 bits per heavy atom. The second-order valence-corrected chi connectivity index (χ2v) is 5.45. The minimum absolute atomic E-state index is 0.0615. The van der Waals surface area contributed by atoms with Crippen molar-refractivity contribution >= 4 is 23.0 Å². The predicted molar refractivity (Wildman–Crippen MR) is 85.4 cm³/mol. The number of amides is 1. The van der Waals surface area contributed by atoms with Gasteiger partial charge in [0.2, 0.25) is 5.91 Å². The standard InChI is InChI=1S/C16H18N2O3S/c1-21-14-4-2-3-12(9-14)15(19)5-6-16(20)17-8-7-13-10-22-11-18-13/h2-4,9-11H,5-8H2,1H3,(H,17,20). The highest BCUT2D eigenvalue weighted by Crippen LogP contribution is 2.14. The van der Waals surface area contributed by atoms with Crippen molar-refractivity contribution in [2.24, 2.45) is 0 Å². The number of nitrogens with zero attached hydrogens (tertiary/aromatic N) is 1. The van der Waals surface area contributed by atoms with E-state index in [4.69, 9.17) is 4.74 Å². The third-order valence-electron chi connectivity index (χ3n) is 3.16. The fraction of sp³-hybridized carbons (Fsp3) is 0.312. The zero-order valence-corrected chi connectivity index (χ0v) is 13.2. The molecule has 0 saturated carbocycles. The van der Waals surface area contributed by atoms with Crippen molar-refractivity contribution in [2.45, 2.75) is 19.3 Å². The highest BCUT2D eigenvalue weighted by molar-refractivity contribution is 7.07. The molecule has 5 nitrogen and oxygen atoms in total. The fourth-order valence-electron chi connectivity index (χ4n) is 1.95. The molecular formula is C16H18N2O3S. The van der Waals surface area contributed by atoms with Crippen LogP contribution in [0.25, 0.3) is 0 Å². The molecule has 0 atom stereocenters. The zero-order chi connectivity index (χ0) is 15.8. The minimum atomic E-state index is -0.119. The zero-order valence-electron chi connectivity index (χ0n) is 12.4. The molecule has 2 rings (SSSR count). The molecule has 6 heteroatoms. The summed E-state index contributed by atoms with van der Waals surface area (Å²) in [6.45, 7) is 0.538. The number of aromatic nitrogens is 1. The van der Waals surface area contributed by atoms with Gasteiger partial charge in [-0.1, -0.05) is 12.1 Å². The van der Waals surface area contributed by atoms with Gasteiger partial charge < -0.3 is 10.1 Å². The first-order valence-electron chi connectivity index (χ1n) is 7.00. The number of Topliss-reactive ketones (excluding diaryl/α,β-unsaturated/α-hetero) is 1. The lowest BCUT2D eigenvalue weighted by atomic mass is 10.1. The summed E-state index contributed by atoms with van der Waals surface area (Å²) in [5.41, 5.74) is 3.30. The Balaban J connectivity index is 1.72. The molecule has 1 aromatic carbocycles. The summed E-state index contributed by atoms with van der Waals surface area (Å²) in [6.07, 6.45) is 1.09. The van der Waals surface area contributed by atoms with E-state index >= 15 is 0 Å². The average Bonchev–Trinajstić information content (AvgIpc) is 3.06. The number of hydrogen-bond donors (Lipinski definition) is 1. The van der Waals surface area contributed by atoms with Crippen LogP contribution in [0, 0.1) is 0 Å². The number of ketones is 1. The van der Waals surface area contributed by atoms with Crippen molar-refractivity contribution in [3.8, 4) is 5.75 Å². The Hall–Kier alpha value is -2.21. The molecule has 0 aliphatic rings. The van der Waals surface area contributed by atoms with Crippen LogP contribution in [0.5, 0.6) is 5.75 Å². The van der Waals surface area contributed by atoms with Crippen molar-refractivity contribution < 1.29 is 14.3 Å². The number of thiazole rings is 1. The van der Waals surface area contributed by atoms with Crippen LogP contribution in [0.2, 0.25) is 0 Å². The average molecular weight is 318 g/mol. The molecule has 0 saturated heterocycles. The van der Waals surface area contributed by atoms with E-state index in [-0.39, 0.29) is 24.5 Å². The molecule has 0 radical (unpaired) electrons. The molecule has 0 spiro atoms. The molecule has 0 bridgehead atoms. The molecule has 1 N–H and O–H groups in total. The van der Waals surface area contributed by atoms with Gasteiger partial charge in [-0.25, -0.2) is 4.98 Å². The van der Waals surface area contributed by atoms with Crippen molar-refractivity contribution in [3.63, 3.8) is 0 Å². The molecule has 0 aliphatic carbocycles. The Morgan fingerprint density at radius 1 is 1.32 bits per heavy atom. The predicted octanol–water partition coefficient (Wildman–Crippen LogP) is 2.47. The molecule has 0 fully saturated rings. The van der Waals surface area contributed by atoms with Crippen LogP contribution in [-0.2, 0) is 11.2 Å². The third kappa shape index (κ3) is 4.96. The summed E-state index contributed by atoms with van der Waals surface area (Å²) < 4.78 is 5.08. The lowest BCUT2D eigenvalue weighted by Gasteiger charge is -2.05. The van der Waals surface area contributed by atoms with Crippen LogP contribution in [0.15, 0.2) is 35.2 Å². The Bertz CT molecular complexity index is 626. The molecule has 22 heavy (non-hydrogen) atoms. The number of carbonyl (C=O) groups excluding carboxylic acids is 2. The number of benzene rings is 1. The van der Waals surface area contributed by atoms with Crippen LogP contribution < -0.4 is 10.1 Å². The van der Waals surface area contributed by atoms with Gasteiger partial charge in [0.25, 0.3) is 0 Å². The molecule has 0 aliphatic heterocycles. The van der Waals surface area contributed by atoms with E-state index in [0.717, 1.165) is 5.69 Å². The van der Waals surface area contributed by atoms with Gasteiger partial charge in [-0.15, -0.1) is 11.3 Å². The number of ether oxygens (including phenoxy) is 1. The van der Waals surface area contributed by atoms with Gasteiger partial charge in [0, 0.05) is 36.8 Å². The van der Waals surface area contributed by atoms with E-state index in [1.807, 2.05) is 5.38 Å². The summed E-state index contributed by atoms with van der Waals surface area (Å²) in [6, 6.07) is 6.95. The summed E-state index contributed by atoms with van der Waals surface area (Å²) in [5, 5.41) is 4.76. The van der Waals surface area contributed by atoms with Gasteiger partial charge in [0.05, 0.1) is 18.3 Å². The molecule has 2 aromatic rings. The van der Waals surface area contributed by atoms with Crippen molar-refractivity contribution in [1.82, 2.24) is 10.3 Å². The van der Waals surface area contributed by atoms with Gasteiger partial charge in [-0.2, -0.15) is 0 Å². The first-order valence-corrected chi connectivity index (χ1v) is 7.94. The maximum absolute atomic E-state index is 12.0. The van der Waals surface area contributed by atoms with Gasteiger partial charge >= 0.3 is 0 Å². The highest BCUT2D eigenvalue weighted by atomic mass is 32.1. The van der Waals surface area contributed by atoms with Crippen molar-refractivity contribution in [1.29, 1.82) is 0 Å². The molecule has 1 amide bonds. The SMILES string of the molecule is COc1cccc(C(=O)CCC(=O)NCCc2cscn2)c1. The molecule has 0 unspecified atom stereocenters. The van der Waals surface area contributed by atoms with Crippen LogP contribution >= 0.6 is 11.3 Å².